The standard InChI is InChI=1S/C16H18N4O3S/c21-13-4-3-12(17-13)16(22)20-6-1-2-10(8-20)14-18-19-15(23-14)11-5-7-24-9-11/h5,7,9-10,12H,1-4,6,8H2,(H,17,21). The van der Waals surface area contributed by atoms with Crippen molar-refractivity contribution >= 4 is 23.2 Å². The van der Waals surface area contributed by atoms with Crippen molar-refractivity contribution in [2.75, 3.05) is 13.1 Å². The zero-order valence-corrected chi connectivity index (χ0v) is 13.9. The second kappa shape index (κ2) is 6.35. The van der Waals surface area contributed by atoms with Gasteiger partial charge >= 0.3 is 0 Å². The molecule has 2 saturated heterocycles. The topological polar surface area (TPSA) is 88.3 Å². The summed E-state index contributed by atoms with van der Waals surface area (Å²) < 4.78 is 5.81. The zero-order valence-electron chi connectivity index (χ0n) is 13.1. The Labute approximate surface area is 143 Å². The van der Waals surface area contributed by atoms with Crippen LogP contribution >= 0.6 is 11.3 Å². The van der Waals surface area contributed by atoms with Gasteiger partial charge in [0, 0.05) is 30.5 Å². The number of hydrogen-bond donors (Lipinski definition) is 1. The summed E-state index contributed by atoms with van der Waals surface area (Å²) >= 11 is 1.58. The van der Waals surface area contributed by atoms with Crippen LogP contribution in [0.5, 0.6) is 0 Å². The highest BCUT2D eigenvalue weighted by atomic mass is 32.1. The highest BCUT2D eigenvalue weighted by Crippen LogP contribution is 2.29. The van der Waals surface area contributed by atoms with E-state index >= 15 is 0 Å². The van der Waals surface area contributed by atoms with Crippen molar-refractivity contribution in [2.24, 2.45) is 0 Å². The van der Waals surface area contributed by atoms with Crippen molar-refractivity contribution < 1.29 is 14.0 Å². The van der Waals surface area contributed by atoms with Crippen LogP contribution in [0.15, 0.2) is 21.2 Å². The number of thiophene rings is 1. The van der Waals surface area contributed by atoms with E-state index in [2.05, 4.69) is 15.5 Å². The number of rotatable bonds is 3. The van der Waals surface area contributed by atoms with Gasteiger partial charge in [0.25, 0.3) is 0 Å². The van der Waals surface area contributed by atoms with Crippen molar-refractivity contribution in [1.29, 1.82) is 0 Å². The van der Waals surface area contributed by atoms with Crippen molar-refractivity contribution in [3.8, 4) is 11.5 Å². The highest BCUT2D eigenvalue weighted by Gasteiger charge is 2.34. The molecule has 7 nitrogen and oxygen atoms in total. The summed E-state index contributed by atoms with van der Waals surface area (Å²) in [4.78, 5) is 25.7. The fourth-order valence-electron chi connectivity index (χ4n) is 3.30. The van der Waals surface area contributed by atoms with Gasteiger partial charge in [0.2, 0.25) is 23.6 Å². The van der Waals surface area contributed by atoms with Gasteiger partial charge in [-0.3, -0.25) is 9.59 Å². The van der Waals surface area contributed by atoms with Crippen LogP contribution < -0.4 is 5.32 Å². The Balaban J connectivity index is 1.45. The molecule has 8 heteroatoms. The van der Waals surface area contributed by atoms with Crippen LogP contribution in [0.3, 0.4) is 0 Å². The van der Waals surface area contributed by atoms with E-state index in [0.29, 0.717) is 37.7 Å². The molecule has 24 heavy (non-hydrogen) atoms. The average Bonchev–Trinajstić information content (AvgIpc) is 3.35. The number of nitrogens with one attached hydrogen (secondary N) is 1. The fraction of sp³-hybridized carbons (Fsp3) is 0.500. The van der Waals surface area contributed by atoms with Gasteiger partial charge in [-0.25, -0.2) is 0 Å². The molecule has 2 aliphatic rings. The Kier molecular flexibility index (Phi) is 4.05. The second-order valence-electron chi connectivity index (χ2n) is 6.24. The van der Waals surface area contributed by atoms with E-state index in [1.807, 2.05) is 21.7 Å². The molecule has 126 valence electrons. The molecular formula is C16H18N4O3S. The lowest BCUT2D eigenvalue weighted by Gasteiger charge is -2.32. The van der Waals surface area contributed by atoms with Gasteiger partial charge in [-0.05, 0) is 30.7 Å². The molecule has 0 radical (unpaired) electrons. The largest absolute Gasteiger partial charge is 0.420 e. The fourth-order valence-corrected chi connectivity index (χ4v) is 3.93. The molecule has 4 rings (SSSR count). The molecule has 2 atom stereocenters. The molecule has 2 amide bonds. The quantitative estimate of drug-likeness (QED) is 0.915. The van der Waals surface area contributed by atoms with E-state index in [9.17, 15) is 9.59 Å². The van der Waals surface area contributed by atoms with Crippen LogP contribution in [0.1, 0.15) is 37.5 Å². The smallest absolute Gasteiger partial charge is 0.248 e. The van der Waals surface area contributed by atoms with Gasteiger partial charge in [0.15, 0.2) is 0 Å². The van der Waals surface area contributed by atoms with E-state index in [0.717, 1.165) is 18.4 Å². The third kappa shape index (κ3) is 2.93. The van der Waals surface area contributed by atoms with Crippen LogP contribution in [0.25, 0.3) is 11.5 Å². The number of carbonyl (C=O) groups is 2. The van der Waals surface area contributed by atoms with Gasteiger partial charge in [-0.15, -0.1) is 10.2 Å². The summed E-state index contributed by atoms with van der Waals surface area (Å²) in [7, 11) is 0. The summed E-state index contributed by atoms with van der Waals surface area (Å²) in [5.41, 5.74) is 0.927. The SMILES string of the molecule is O=C1CCC(C(=O)N2CCCC(c3nnc(-c4ccsc4)o3)C2)N1. The minimum absolute atomic E-state index is 0.00289. The molecular weight excluding hydrogens is 328 g/mol. The molecule has 2 unspecified atom stereocenters. The Hall–Kier alpha value is -2.22. The van der Waals surface area contributed by atoms with E-state index in [1.54, 1.807) is 11.3 Å². The molecule has 1 N–H and O–H groups in total. The maximum atomic E-state index is 12.6. The number of nitrogens with zero attached hydrogens (tertiary/aromatic N) is 3. The lowest BCUT2D eigenvalue weighted by atomic mass is 9.97. The van der Waals surface area contributed by atoms with Gasteiger partial charge in [-0.2, -0.15) is 11.3 Å². The first kappa shape index (κ1) is 15.3. The normalized spacial score (nSPS) is 24.2. The first-order chi connectivity index (χ1) is 11.7. The Morgan fingerprint density at radius 3 is 3.04 bits per heavy atom. The first-order valence-electron chi connectivity index (χ1n) is 8.15. The Morgan fingerprint density at radius 2 is 2.29 bits per heavy atom. The minimum Gasteiger partial charge on any atom is -0.420 e. The summed E-state index contributed by atoms with van der Waals surface area (Å²) in [6, 6.07) is 1.57. The van der Waals surface area contributed by atoms with Gasteiger partial charge in [-0.1, -0.05) is 0 Å². The number of aromatic nitrogens is 2. The number of amides is 2. The van der Waals surface area contributed by atoms with Crippen molar-refractivity contribution in [2.45, 2.75) is 37.6 Å². The van der Waals surface area contributed by atoms with E-state index in [-0.39, 0.29) is 23.8 Å². The summed E-state index contributed by atoms with van der Waals surface area (Å²) in [6.07, 6.45) is 2.84. The van der Waals surface area contributed by atoms with Crippen LogP contribution in [0.4, 0.5) is 0 Å². The molecule has 0 aliphatic carbocycles. The third-order valence-corrected chi connectivity index (χ3v) is 5.27. The molecule has 0 bridgehead atoms. The Morgan fingerprint density at radius 1 is 1.38 bits per heavy atom. The highest BCUT2D eigenvalue weighted by molar-refractivity contribution is 7.08. The summed E-state index contributed by atoms with van der Waals surface area (Å²) in [5, 5.41) is 15.0. The van der Waals surface area contributed by atoms with Crippen LogP contribution in [-0.2, 0) is 9.59 Å². The molecule has 0 aromatic carbocycles. The molecule has 2 aromatic rings. The van der Waals surface area contributed by atoms with Crippen molar-refractivity contribution in [3.05, 3.63) is 22.7 Å². The van der Waals surface area contributed by atoms with Gasteiger partial charge in [0.05, 0.1) is 5.92 Å². The maximum Gasteiger partial charge on any atom is 0.248 e. The third-order valence-electron chi connectivity index (χ3n) is 4.58. The molecule has 0 saturated carbocycles. The molecule has 0 spiro atoms. The minimum atomic E-state index is -0.375. The predicted molar refractivity (Wildman–Crippen MR) is 87.3 cm³/mol. The molecule has 2 aromatic heterocycles. The molecule has 4 heterocycles. The van der Waals surface area contributed by atoms with Crippen molar-refractivity contribution in [1.82, 2.24) is 20.4 Å². The van der Waals surface area contributed by atoms with E-state index < -0.39 is 0 Å². The van der Waals surface area contributed by atoms with Gasteiger partial charge < -0.3 is 14.6 Å². The van der Waals surface area contributed by atoms with Crippen LogP contribution in [0, 0.1) is 0 Å². The van der Waals surface area contributed by atoms with E-state index in [4.69, 9.17) is 4.42 Å². The van der Waals surface area contributed by atoms with E-state index in [1.165, 1.54) is 0 Å². The van der Waals surface area contributed by atoms with Crippen LogP contribution in [-0.4, -0.2) is 46.0 Å². The number of hydrogen-bond acceptors (Lipinski definition) is 6. The second-order valence-corrected chi connectivity index (χ2v) is 7.02. The van der Waals surface area contributed by atoms with Crippen molar-refractivity contribution in [3.63, 3.8) is 0 Å². The number of carbonyl (C=O) groups excluding carboxylic acids is 2. The lowest BCUT2D eigenvalue weighted by Crippen LogP contribution is -2.48. The monoisotopic (exact) mass is 346 g/mol. The predicted octanol–water partition coefficient (Wildman–Crippen LogP) is 1.78. The zero-order chi connectivity index (χ0) is 16.5. The van der Waals surface area contributed by atoms with Crippen LogP contribution in [0.2, 0.25) is 0 Å². The molecule has 2 fully saturated rings. The van der Waals surface area contributed by atoms with Gasteiger partial charge in [0.1, 0.15) is 6.04 Å². The first-order valence-corrected chi connectivity index (χ1v) is 9.09. The lowest BCUT2D eigenvalue weighted by molar-refractivity contribution is -0.135. The Bertz CT molecular complexity index is 742. The number of likely N-dealkylation sites (tertiary alicyclic amines) is 1. The average molecular weight is 346 g/mol. The molecule has 2 aliphatic heterocycles. The summed E-state index contributed by atoms with van der Waals surface area (Å²) in [5.74, 6) is 1.13. The summed E-state index contributed by atoms with van der Waals surface area (Å²) in [6.45, 7) is 1.28. The number of piperidine rings is 1. The maximum absolute atomic E-state index is 12.6.